The van der Waals surface area contributed by atoms with Gasteiger partial charge in [0, 0.05) is 13.1 Å². The van der Waals surface area contributed by atoms with E-state index in [0.717, 1.165) is 6.42 Å². The van der Waals surface area contributed by atoms with Crippen molar-refractivity contribution in [2.45, 2.75) is 44.8 Å². The van der Waals surface area contributed by atoms with E-state index < -0.39 is 23.2 Å². The van der Waals surface area contributed by atoms with Crippen LogP contribution in [0.25, 0.3) is 0 Å². The maximum absolute atomic E-state index is 11.9. The first-order valence-electron chi connectivity index (χ1n) is 6.82. The van der Waals surface area contributed by atoms with E-state index in [1.807, 2.05) is 0 Å². The highest BCUT2D eigenvalue weighted by atomic mass is 16.6. The fraction of sp³-hybridized carbons (Fsp3) is 0.846. The lowest BCUT2D eigenvalue weighted by atomic mass is 9.86. The Hall–Kier alpha value is -1.34. The summed E-state index contributed by atoms with van der Waals surface area (Å²) in [6.07, 6.45) is 0.351. The number of carbonyl (C=O) groups excluding carboxylic acids is 1. The van der Waals surface area contributed by atoms with E-state index in [1.165, 1.54) is 4.90 Å². The highest BCUT2D eigenvalue weighted by Crippen LogP contribution is 2.26. The summed E-state index contributed by atoms with van der Waals surface area (Å²) in [6.45, 7) is 7.29. The van der Waals surface area contributed by atoms with Crippen molar-refractivity contribution in [3.8, 4) is 0 Å². The van der Waals surface area contributed by atoms with Gasteiger partial charge in [-0.3, -0.25) is 4.79 Å². The molecule has 0 aromatic carbocycles. The fourth-order valence-corrected chi connectivity index (χ4v) is 2.17. The minimum atomic E-state index is -0.880. The predicted molar refractivity (Wildman–Crippen MR) is 74.5 cm³/mol. The van der Waals surface area contributed by atoms with E-state index >= 15 is 0 Å². The largest absolute Gasteiger partial charge is 0.481 e. The lowest BCUT2D eigenvalue weighted by molar-refractivity contribution is -0.141. The molecule has 1 amide bonds. The van der Waals surface area contributed by atoms with Gasteiger partial charge in [0.2, 0.25) is 0 Å². The van der Waals surface area contributed by atoms with Crippen LogP contribution in [0, 0.1) is 0 Å². The highest BCUT2D eigenvalue weighted by Gasteiger charge is 2.47. The Labute approximate surface area is 119 Å². The van der Waals surface area contributed by atoms with Crippen LogP contribution in [0.5, 0.6) is 0 Å². The van der Waals surface area contributed by atoms with Crippen LogP contribution in [-0.4, -0.2) is 59.4 Å². The fourth-order valence-electron chi connectivity index (χ4n) is 2.17. The van der Waals surface area contributed by atoms with Crippen molar-refractivity contribution in [1.29, 1.82) is 0 Å². The number of nitrogens with one attached hydrogen (secondary N) is 1. The van der Waals surface area contributed by atoms with Crippen molar-refractivity contribution in [2.24, 2.45) is 5.73 Å². The molecule has 0 saturated carbocycles. The molecule has 0 atom stereocenters. The lowest BCUT2D eigenvalue weighted by Crippen LogP contribution is -2.71. The van der Waals surface area contributed by atoms with Gasteiger partial charge in [0.15, 0.2) is 0 Å². The number of hydrogen-bond acceptors (Lipinski definition) is 5. The van der Waals surface area contributed by atoms with E-state index in [9.17, 15) is 9.59 Å². The molecule has 0 unspecified atom stereocenters. The number of carbonyl (C=O) groups is 2. The minimum absolute atomic E-state index is 0.0170. The van der Waals surface area contributed by atoms with Crippen molar-refractivity contribution < 1.29 is 19.4 Å². The van der Waals surface area contributed by atoms with E-state index in [1.54, 1.807) is 20.8 Å². The Kier molecular flexibility index (Phi) is 5.35. The lowest BCUT2D eigenvalue weighted by Gasteiger charge is -2.49. The molecule has 1 heterocycles. The molecule has 20 heavy (non-hydrogen) atoms. The van der Waals surface area contributed by atoms with Gasteiger partial charge in [-0.1, -0.05) is 0 Å². The predicted octanol–water partition coefficient (Wildman–Crippen LogP) is 0.389. The van der Waals surface area contributed by atoms with Crippen LogP contribution < -0.4 is 11.1 Å². The number of nitrogens with zero attached hydrogens (tertiary/aromatic N) is 1. The van der Waals surface area contributed by atoms with Gasteiger partial charge in [0.05, 0.1) is 12.0 Å². The molecule has 1 fully saturated rings. The first-order chi connectivity index (χ1) is 9.17. The van der Waals surface area contributed by atoms with E-state index in [0.29, 0.717) is 26.2 Å². The second-order valence-electron chi connectivity index (χ2n) is 6.26. The number of nitrogens with two attached hydrogens (primary N) is 1. The van der Waals surface area contributed by atoms with Gasteiger partial charge in [-0.25, -0.2) is 4.79 Å². The average molecular weight is 287 g/mol. The van der Waals surface area contributed by atoms with Crippen LogP contribution in [-0.2, 0) is 9.53 Å². The van der Waals surface area contributed by atoms with Crippen molar-refractivity contribution in [3.05, 3.63) is 0 Å². The van der Waals surface area contributed by atoms with Gasteiger partial charge >= 0.3 is 12.1 Å². The quantitative estimate of drug-likeness (QED) is 0.610. The molecular weight excluding hydrogens is 262 g/mol. The third kappa shape index (κ3) is 4.97. The normalized spacial score (nSPS) is 17.5. The van der Waals surface area contributed by atoms with Crippen LogP contribution in [0.1, 0.15) is 33.6 Å². The van der Waals surface area contributed by atoms with Crippen molar-refractivity contribution in [2.75, 3.05) is 26.2 Å². The number of likely N-dealkylation sites (tertiary alicyclic amines) is 1. The number of carboxylic acid groups (broad SMARTS) is 1. The molecule has 1 rings (SSSR count). The SMILES string of the molecule is CC(C)(C)OC(=O)N1CC(CC(=O)O)(NCCCN)C1. The molecule has 116 valence electrons. The molecule has 1 aliphatic heterocycles. The second-order valence-corrected chi connectivity index (χ2v) is 6.26. The minimum Gasteiger partial charge on any atom is -0.481 e. The first-order valence-corrected chi connectivity index (χ1v) is 6.82. The van der Waals surface area contributed by atoms with Crippen molar-refractivity contribution >= 4 is 12.1 Å². The van der Waals surface area contributed by atoms with E-state index in [4.69, 9.17) is 15.6 Å². The van der Waals surface area contributed by atoms with Gasteiger partial charge in [0.1, 0.15) is 5.60 Å². The number of rotatable bonds is 6. The molecule has 1 saturated heterocycles. The third-order valence-corrected chi connectivity index (χ3v) is 3.01. The number of aliphatic carboxylic acids is 1. The molecular formula is C13H25N3O4. The van der Waals surface area contributed by atoms with Crippen LogP contribution in [0.15, 0.2) is 0 Å². The Morgan fingerprint density at radius 3 is 2.45 bits per heavy atom. The Bertz CT molecular complexity index is 359. The topological polar surface area (TPSA) is 105 Å². The molecule has 0 aromatic heterocycles. The van der Waals surface area contributed by atoms with Gasteiger partial charge in [0.25, 0.3) is 0 Å². The smallest absolute Gasteiger partial charge is 0.410 e. The standard InChI is InChI=1S/C13H25N3O4/c1-12(2,3)20-11(19)16-8-13(9-16,7-10(17)18)15-6-4-5-14/h15H,4-9,14H2,1-3H3,(H,17,18). The molecule has 0 radical (unpaired) electrons. The Morgan fingerprint density at radius 1 is 1.40 bits per heavy atom. The van der Waals surface area contributed by atoms with Crippen molar-refractivity contribution in [1.82, 2.24) is 10.2 Å². The van der Waals surface area contributed by atoms with E-state index in [2.05, 4.69) is 5.32 Å². The summed E-state index contributed by atoms with van der Waals surface area (Å²) in [5.74, 6) is -0.880. The Balaban J connectivity index is 2.52. The molecule has 0 bridgehead atoms. The average Bonchev–Trinajstić information content (AvgIpc) is 2.21. The molecule has 0 spiro atoms. The third-order valence-electron chi connectivity index (χ3n) is 3.01. The summed E-state index contributed by atoms with van der Waals surface area (Å²) < 4.78 is 5.26. The highest BCUT2D eigenvalue weighted by molar-refractivity contribution is 5.73. The van der Waals surface area contributed by atoms with Gasteiger partial charge < -0.3 is 25.8 Å². The zero-order valence-electron chi connectivity index (χ0n) is 12.4. The number of ether oxygens (including phenoxy) is 1. The van der Waals surface area contributed by atoms with Crippen LogP contribution in [0.4, 0.5) is 4.79 Å². The Morgan fingerprint density at radius 2 is 2.00 bits per heavy atom. The van der Waals surface area contributed by atoms with Crippen molar-refractivity contribution in [3.63, 3.8) is 0 Å². The first kappa shape index (κ1) is 16.7. The monoisotopic (exact) mass is 287 g/mol. The van der Waals surface area contributed by atoms with Gasteiger partial charge in [-0.15, -0.1) is 0 Å². The summed E-state index contributed by atoms with van der Waals surface area (Å²) in [6, 6.07) is 0. The summed E-state index contributed by atoms with van der Waals surface area (Å²) >= 11 is 0. The number of hydrogen-bond donors (Lipinski definition) is 3. The molecule has 0 aliphatic carbocycles. The number of amides is 1. The number of carboxylic acids is 1. The summed E-state index contributed by atoms with van der Waals surface area (Å²) in [5, 5.41) is 12.2. The maximum atomic E-state index is 11.9. The zero-order chi connectivity index (χ0) is 15.4. The zero-order valence-corrected chi connectivity index (χ0v) is 12.4. The van der Waals surface area contributed by atoms with Crippen LogP contribution in [0.2, 0.25) is 0 Å². The molecule has 4 N–H and O–H groups in total. The summed E-state index contributed by atoms with van der Waals surface area (Å²) in [7, 11) is 0. The second kappa shape index (κ2) is 6.41. The molecule has 1 aliphatic rings. The van der Waals surface area contributed by atoms with Crippen LogP contribution in [0.3, 0.4) is 0 Å². The molecule has 7 heteroatoms. The molecule has 7 nitrogen and oxygen atoms in total. The van der Waals surface area contributed by atoms with Crippen LogP contribution >= 0.6 is 0 Å². The molecule has 0 aromatic rings. The maximum Gasteiger partial charge on any atom is 0.410 e. The summed E-state index contributed by atoms with van der Waals surface area (Å²) in [4.78, 5) is 24.3. The van der Waals surface area contributed by atoms with E-state index in [-0.39, 0.29) is 6.42 Å². The summed E-state index contributed by atoms with van der Waals surface area (Å²) in [5.41, 5.74) is 4.32. The van der Waals surface area contributed by atoms with Gasteiger partial charge in [-0.2, -0.15) is 0 Å². The van der Waals surface area contributed by atoms with Gasteiger partial charge in [-0.05, 0) is 40.3 Å².